The number of esters is 2. The average molecular weight is 385 g/mol. The molecule has 0 saturated heterocycles. The minimum absolute atomic E-state index is 0.272. The molecule has 0 aromatic heterocycles. The third-order valence-corrected chi connectivity index (χ3v) is 6.22. The molecule has 2 fully saturated rings. The highest BCUT2D eigenvalue weighted by molar-refractivity contribution is 6.03. The fourth-order valence-corrected chi connectivity index (χ4v) is 4.40. The Bertz CT molecular complexity index is 737. The molecular weight excluding hydrogens is 352 g/mol. The Morgan fingerprint density at radius 1 is 0.821 bits per heavy atom. The second kappa shape index (κ2) is 8.50. The van der Waals surface area contributed by atoms with E-state index < -0.39 is 23.1 Å². The van der Waals surface area contributed by atoms with Crippen molar-refractivity contribution in [2.75, 3.05) is 0 Å². The van der Waals surface area contributed by atoms with E-state index in [1.807, 2.05) is 13.8 Å². The lowest BCUT2D eigenvalue weighted by Crippen LogP contribution is -2.36. The van der Waals surface area contributed by atoms with Gasteiger partial charge in [-0.2, -0.15) is 0 Å². The van der Waals surface area contributed by atoms with Gasteiger partial charge in [0.05, 0.1) is 11.1 Å². The Kier molecular flexibility index (Phi) is 6.26. The molecule has 0 amide bonds. The molecule has 0 bridgehead atoms. The average Bonchev–Trinajstić information content (AvgIpc) is 2.67. The molecule has 28 heavy (non-hydrogen) atoms. The van der Waals surface area contributed by atoms with Crippen LogP contribution in [0.1, 0.15) is 104 Å². The van der Waals surface area contributed by atoms with E-state index in [4.69, 9.17) is 9.47 Å². The molecule has 0 heterocycles. The standard InChI is InChI=1S/C24H32O4/c1-4-18-11-12-19(21(25)27-23(2)13-7-5-8-14-23)20(17-18)22(26)28-24(3)15-9-6-10-16-24/h4,11-12,17H,1,5-10,13-16H2,2-3H3. The van der Waals surface area contributed by atoms with Crippen molar-refractivity contribution in [1.82, 2.24) is 0 Å². The molecule has 4 nitrogen and oxygen atoms in total. The molecule has 0 atom stereocenters. The summed E-state index contributed by atoms with van der Waals surface area (Å²) in [6, 6.07) is 5.12. The highest BCUT2D eigenvalue weighted by atomic mass is 16.6. The van der Waals surface area contributed by atoms with Gasteiger partial charge in [0.2, 0.25) is 0 Å². The van der Waals surface area contributed by atoms with E-state index >= 15 is 0 Å². The van der Waals surface area contributed by atoms with Gasteiger partial charge in [0, 0.05) is 0 Å². The highest BCUT2D eigenvalue weighted by Crippen LogP contribution is 2.34. The minimum atomic E-state index is -0.462. The van der Waals surface area contributed by atoms with Crippen LogP contribution >= 0.6 is 0 Å². The second-order valence-electron chi connectivity index (χ2n) is 8.81. The summed E-state index contributed by atoms with van der Waals surface area (Å²) in [7, 11) is 0. The third kappa shape index (κ3) is 4.84. The molecular formula is C24H32O4. The van der Waals surface area contributed by atoms with Crippen molar-refractivity contribution in [1.29, 1.82) is 0 Å². The number of benzene rings is 1. The first-order valence-electron chi connectivity index (χ1n) is 10.6. The van der Waals surface area contributed by atoms with E-state index in [0.717, 1.165) is 56.9 Å². The zero-order valence-corrected chi connectivity index (χ0v) is 17.2. The maximum absolute atomic E-state index is 13.0. The molecule has 2 saturated carbocycles. The van der Waals surface area contributed by atoms with Gasteiger partial charge in [-0.25, -0.2) is 9.59 Å². The molecule has 0 aliphatic heterocycles. The van der Waals surface area contributed by atoms with Crippen LogP contribution in [0.25, 0.3) is 6.08 Å². The predicted octanol–water partition coefficient (Wildman–Crippen LogP) is 6.09. The van der Waals surface area contributed by atoms with Crippen LogP contribution in [0.15, 0.2) is 24.8 Å². The van der Waals surface area contributed by atoms with Gasteiger partial charge in [-0.3, -0.25) is 0 Å². The Labute approximate surface area is 168 Å². The second-order valence-corrected chi connectivity index (χ2v) is 8.81. The summed E-state index contributed by atoms with van der Waals surface area (Å²) in [5.74, 6) is -0.894. The summed E-state index contributed by atoms with van der Waals surface area (Å²) in [5, 5.41) is 0. The molecule has 3 rings (SSSR count). The zero-order valence-electron chi connectivity index (χ0n) is 17.2. The Hall–Kier alpha value is -2.10. The molecule has 4 heteroatoms. The predicted molar refractivity (Wildman–Crippen MR) is 110 cm³/mol. The van der Waals surface area contributed by atoms with Crippen molar-refractivity contribution < 1.29 is 19.1 Å². The first-order valence-corrected chi connectivity index (χ1v) is 10.6. The first kappa shape index (κ1) is 20.6. The highest BCUT2D eigenvalue weighted by Gasteiger charge is 2.35. The Balaban J connectivity index is 1.83. The van der Waals surface area contributed by atoms with Crippen LogP contribution in [0.3, 0.4) is 0 Å². The van der Waals surface area contributed by atoms with E-state index in [0.29, 0.717) is 0 Å². The van der Waals surface area contributed by atoms with Crippen molar-refractivity contribution in [2.24, 2.45) is 0 Å². The summed E-state index contributed by atoms with van der Waals surface area (Å²) >= 11 is 0. The SMILES string of the molecule is C=Cc1ccc(C(=O)OC2(C)CCCCC2)c(C(=O)OC2(C)CCCCC2)c1. The molecule has 2 aliphatic rings. The van der Waals surface area contributed by atoms with Crippen LogP contribution < -0.4 is 0 Å². The number of rotatable bonds is 5. The zero-order chi connectivity index (χ0) is 20.2. The quantitative estimate of drug-likeness (QED) is 0.577. The summed E-state index contributed by atoms with van der Waals surface area (Å²) in [5.41, 5.74) is 0.413. The topological polar surface area (TPSA) is 52.6 Å². The normalized spacial score (nSPS) is 20.8. The molecule has 0 unspecified atom stereocenters. The van der Waals surface area contributed by atoms with Gasteiger partial charge in [0.25, 0.3) is 0 Å². The van der Waals surface area contributed by atoms with Crippen molar-refractivity contribution in [3.05, 3.63) is 41.5 Å². The van der Waals surface area contributed by atoms with Crippen LogP contribution in [0.2, 0.25) is 0 Å². The Morgan fingerprint density at radius 2 is 1.29 bits per heavy atom. The number of hydrogen-bond acceptors (Lipinski definition) is 4. The summed E-state index contributed by atoms with van der Waals surface area (Å²) in [6.07, 6.45) is 11.7. The van der Waals surface area contributed by atoms with Gasteiger partial charge < -0.3 is 9.47 Å². The van der Waals surface area contributed by atoms with Crippen molar-refractivity contribution in [3.63, 3.8) is 0 Å². The van der Waals surface area contributed by atoms with E-state index in [2.05, 4.69) is 6.58 Å². The maximum atomic E-state index is 13.0. The molecule has 1 aromatic rings. The number of hydrogen-bond donors (Lipinski definition) is 0. The number of carbonyl (C=O) groups excluding carboxylic acids is 2. The van der Waals surface area contributed by atoms with Gasteiger partial charge in [0.15, 0.2) is 0 Å². The molecule has 0 radical (unpaired) electrons. The first-order chi connectivity index (χ1) is 13.3. The van der Waals surface area contributed by atoms with Crippen LogP contribution in [0, 0.1) is 0 Å². The molecule has 0 spiro atoms. The van der Waals surface area contributed by atoms with Crippen LogP contribution in [0.5, 0.6) is 0 Å². The lowest BCUT2D eigenvalue weighted by Gasteiger charge is -2.34. The summed E-state index contributed by atoms with van der Waals surface area (Å²) in [6.45, 7) is 7.75. The van der Waals surface area contributed by atoms with E-state index in [-0.39, 0.29) is 11.1 Å². The van der Waals surface area contributed by atoms with Gasteiger partial charge in [-0.15, -0.1) is 0 Å². The maximum Gasteiger partial charge on any atom is 0.339 e. The van der Waals surface area contributed by atoms with Gasteiger partial charge >= 0.3 is 11.9 Å². The Morgan fingerprint density at radius 3 is 1.75 bits per heavy atom. The molecule has 0 N–H and O–H groups in total. The number of carbonyl (C=O) groups is 2. The molecule has 1 aromatic carbocycles. The lowest BCUT2D eigenvalue weighted by molar-refractivity contribution is -0.0311. The summed E-state index contributed by atoms with van der Waals surface area (Å²) in [4.78, 5) is 26.0. The van der Waals surface area contributed by atoms with Crippen molar-refractivity contribution in [3.8, 4) is 0 Å². The molecule has 2 aliphatic carbocycles. The third-order valence-electron chi connectivity index (χ3n) is 6.22. The summed E-state index contributed by atoms with van der Waals surface area (Å²) < 4.78 is 11.8. The van der Waals surface area contributed by atoms with Crippen LogP contribution in [-0.2, 0) is 9.47 Å². The fourth-order valence-electron chi connectivity index (χ4n) is 4.40. The van der Waals surface area contributed by atoms with Gasteiger partial charge in [-0.05, 0) is 82.9 Å². The van der Waals surface area contributed by atoms with E-state index in [1.54, 1.807) is 24.3 Å². The smallest absolute Gasteiger partial charge is 0.339 e. The van der Waals surface area contributed by atoms with E-state index in [1.165, 1.54) is 12.8 Å². The minimum Gasteiger partial charge on any atom is -0.456 e. The number of ether oxygens (including phenoxy) is 2. The van der Waals surface area contributed by atoms with Gasteiger partial charge in [0.1, 0.15) is 11.2 Å². The van der Waals surface area contributed by atoms with Crippen LogP contribution in [0.4, 0.5) is 0 Å². The van der Waals surface area contributed by atoms with Crippen molar-refractivity contribution in [2.45, 2.75) is 89.3 Å². The van der Waals surface area contributed by atoms with E-state index in [9.17, 15) is 9.59 Å². The van der Waals surface area contributed by atoms with Gasteiger partial charge in [-0.1, -0.05) is 31.6 Å². The van der Waals surface area contributed by atoms with Crippen molar-refractivity contribution >= 4 is 18.0 Å². The monoisotopic (exact) mass is 384 g/mol. The lowest BCUT2D eigenvalue weighted by atomic mass is 9.86. The van der Waals surface area contributed by atoms with Crippen LogP contribution in [-0.4, -0.2) is 23.1 Å². The molecule has 152 valence electrons. The largest absolute Gasteiger partial charge is 0.456 e. The fraction of sp³-hybridized carbons (Fsp3) is 0.583.